The van der Waals surface area contributed by atoms with Gasteiger partial charge in [0.2, 0.25) is 5.91 Å². The van der Waals surface area contributed by atoms with Crippen molar-refractivity contribution in [3.05, 3.63) is 65.0 Å². The van der Waals surface area contributed by atoms with Gasteiger partial charge in [0.1, 0.15) is 4.88 Å². The predicted molar refractivity (Wildman–Crippen MR) is 96.6 cm³/mol. The molecule has 3 rings (SSSR count). The smallest absolute Gasteiger partial charge is 0.350 e. The van der Waals surface area contributed by atoms with E-state index in [0.717, 1.165) is 15.6 Å². The first-order valence-corrected chi connectivity index (χ1v) is 8.53. The Bertz CT molecular complexity index is 871. The lowest BCUT2D eigenvalue weighted by Gasteiger charge is -2.07. The zero-order valence-electron chi connectivity index (χ0n) is 13.2. The number of carbonyl (C=O) groups is 2. The summed E-state index contributed by atoms with van der Waals surface area (Å²) < 4.78 is 6.06. The maximum absolute atomic E-state index is 12.4. The Morgan fingerprint density at radius 3 is 2.50 bits per heavy atom. The van der Waals surface area contributed by atoms with Crippen molar-refractivity contribution in [3.8, 4) is 0 Å². The zero-order chi connectivity index (χ0) is 16.9. The first-order chi connectivity index (χ1) is 11.7. The number of anilines is 1. The van der Waals surface area contributed by atoms with Crippen molar-refractivity contribution in [2.45, 2.75) is 13.3 Å². The molecular formula is C19H17NO3S. The van der Waals surface area contributed by atoms with Crippen LogP contribution in [0.1, 0.15) is 22.2 Å². The normalized spacial score (nSPS) is 10.5. The number of carbonyl (C=O) groups excluding carboxylic acids is 2. The Balaban J connectivity index is 1.90. The first-order valence-electron chi connectivity index (χ1n) is 7.71. The Hall–Kier alpha value is -2.66. The van der Waals surface area contributed by atoms with Crippen LogP contribution in [0.2, 0.25) is 0 Å². The van der Waals surface area contributed by atoms with Gasteiger partial charge in [-0.15, -0.1) is 11.3 Å². The van der Waals surface area contributed by atoms with Crippen LogP contribution in [-0.4, -0.2) is 18.5 Å². The van der Waals surface area contributed by atoms with Crippen molar-refractivity contribution in [1.82, 2.24) is 0 Å². The monoisotopic (exact) mass is 339 g/mol. The Labute approximate surface area is 144 Å². The van der Waals surface area contributed by atoms with E-state index in [1.165, 1.54) is 11.3 Å². The molecule has 122 valence electrons. The third-order valence-corrected chi connectivity index (χ3v) is 4.68. The summed E-state index contributed by atoms with van der Waals surface area (Å²) in [6, 6.07) is 17.1. The minimum Gasteiger partial charge on any atom is -0.462 e. The molecule has 0 unspecified atom stereocenters. The lowest BCUT2D eigenvalue weighted by Crippen LogP contribution is -2.16. The molecule has 0 aliphatic rings. The molecule has 1 heterocycles. The Morgan fingerprint density at radius 2 is 1.75 bits per heavy atom. The summed E-state index contributed by atoms with van der Waals surface area (Å²) in [4.78, 5) is 25.0. The van der Waals surface area contributed by atoms with Crippen molar-refractivity contribution in [2.75, 3.05) is 11.9 Å². The molecule has 1 N–H and O–H groups in total. The molecule has 1 aromatic heterocycles. The summed E-state index contributed by atoms with van der Waals surface area (Å²) in [5, 5.41) is 3.75. The molecule has 0 saturated carbocycles. The van der Waals surface area contributed by atoms with Crippen LogP contribution in [0.15, 0.2) is 54.6 Å². The maximum atomic E-state index is 12.4. The van der Waals surface area contributed by atoms with Gasteiger partial charge < -0.3 is 10.1 Å². The van der Waals surface area contributed by atoms with E-state index < -0.39 is 5.97 Å². The molecule has 2 aromatic carbocycles. The number of amides is 1. The maximum Gasteiger partial charge on any atom is 0.350 e. The molecule has 24 heavy (non-hydrogen) atoms. The van der Waals surface area contributed by atoms with E-state index >= 15 is 0 Å². The summed E-state index contributed by atoms with van der Waals surface area (Å²) in [7, 11) is 0. The zero-order valence-corrected chi connectivity index (χ0v) is 14.1. The minimum atomic E-state index is -0.409. The average Bonchev–Trinajstić information content (AvgIpc) is 2.95. The van der Waals surface area contributed by atoms with Crippen LogP contribution in [0.3, 0.4) is 0 Å². The largest absolute Gasteiger partial charge is 0.462 e. The quantitative estimate of drug-likeness (QED) is 0.707. The van der Waals surface area contributed by atoms with Crippen molar-refractivity contribution >= 4 is 39.0 Å². The molecule has 3 aromatic rings. The van der Waals surface area contributed by atoms with Gasteiger partial charge in [-0.3, -0.25) is 4.79 Å². The average molecular weight is 339 g/mol. The van der Waals surface area contributed by atoms with Crippen LogP contribution >= 0.6 is 11.3 Å². The summed E-state index contributed by atoms with van der Waals surface area (Å²) in [5.74, 6) is -0.566. The third kappa shape index (κ3) is 3.46. The van der Waals surface area contributed by atoms with Gasteiger partial charge in [-0.25, -0.2) is 4.79 Å². The number of hydrogen-bond acceptors (Lipinski definition) is 4. The molecule has 0 aliphatic heterocycles. The number of esters is 1. The third-order valence-electron chi connectivity index (χ3n) is 3.53. The van der Waals surface area contributed by atoms with Gasteiger partial charge in [-0.2, -0.15) is 0 Å². The van der Waals surface area contributed by atoms with Crippen LogP contribution < -0.4 is 5.32 Å². The summed E-state index contributed by atoms with van der Waals surface area (Å²) in [6.45, 7) is 2.06. The van der Waals surface area contributed by atoms with E-state index in [4.69, 9.17) is 4.74 Å². The molecule has 0 saturated heterocycles. The van der Waals surface area contributed by atoms with Gasteiger partial charge in [0.15, 0.2) is 0 Å². The predicted octanol–water partition coefficient (Wildman–Crippen LogP) is 4.26. The van der Waals surface area contributed by atoms with Crippen molar-refractivity contribution in [1.29, 1.82) is 0 Å². The molecule has 5 heteroatoms. The van der Waals surface area contributed by atoms with Crippen molar-refractivity contribution in [3.63, 3.8) is 0 Å². The van der Waals surface area contributed by atoms with Crippen LogP contribution in [0.5, 0.6) is 0 Å². The van der Waals surface area contributed by atoms with E-state index in [2.05, 4.69) is 5.32 Å². The van der Waals surface area contributed by atoms with Crippen molar-refractivity contribution in [2.24, 2.45) is 0 Å². The summed E-state index contributed by atoms with van der Waals surface area (Å²) >= 11 is 1.33. The van der Waals surface area contributed by atoms with Crippen LogP contribution in [0, 0.1) is 0 Å². The fraction of sp³-hybridized carbons (Fsp3) is 0.158. The molecule has 0 atom stereocenters. The lowest BCUT2D eigenvalue weighted by atomic mass is 10.1. The number of thiophene rings is 1. The number of nitrogens with one attached hydrogen (secondary N) is 1. The topological polar surface area (TPSA) is 55.4 Å². The van der Waals surface area contributed by atoms with E-state index in [1.807, 2.05) is 54.6 Å². The second-order valence-corrected chi connectivity index (χ2v) is 6.29. The standard InChI is InChI=1S/C19H17NO3S/c1-2-23-19(22)18-17(14-10-6-7-11-15(14)24-18)20-16(21)12-13-8-4-3-5-9-13/h3-11H,2,12H2,1H3,(H,20,21). The molecule has 0 radical (unpaired) electrons. The van der Waals surface area contributed by atoms with Crippen LogP contribution in [-0.2, 0) is 16.0 Å². The van der Waals surface area contributed by atoms with E-state index in [-0.39, 0.29) is 12.3 Å². The molecule has 4 nitrogen and oxygen atoms in total. The van der Waals surface area contributed by atoms with Gasteiger partial charge in [0.25, 0.3) is 0 Å². The SMILES string of the molecule is CCOC(=O)c1sc2ccccc2c1NC(=O)Cc1ccccc1. The molecule has 0 fully saturated rings. The van der Waals surface area contributed by atoms with Gasteiger partial charge in [0.05, 0.1) is 18.7 Å². The molecule has 0 bridgehead atoms. The number of benzene rings is 2. The Morgan fingerprint density at radius 1 is 1.04 bits per heavy atom. The molecule has 0 spiro atoms. The summed E-state index contributed by atoms with van der Waals surface area (Å²) in [5.41, 5.74) is 1.46. The van der Waals surface area contributed by atoms with Crippen molar-refractivity contribution < 1.29 is 14.3 Å². The second kappa shape index (κ2) is 7.27. The summed E-state index contributed by atoms with van der Waals surface area (Å²) in [6.07, 6.45) is 0.257. The first kappa shape index (κ1) is 16.2. The highest BCUT2D eigenvalue weighted by molar-refractivity contribution is 7.21. The number of rotatable bonds is 5. The van der Waals surface area contributed by atoms with E-state index in [0.29, 0.717) is 17.2 Å². The fourth-order valence-electron chi connectivity index (χ4n) is 2.47. The fourth-order valence-corrected chi connectivity index (χ4v) is 3.53. The van der Waals surface area contributed by atoms with E-state index in [1.54, 1.807) is 6.92 Å². The van der Waals surface area contributed by atoms with Gasteiger partial charge in [-0.05, 0) is 18.6 Å². The van der Waals surface area contributed by atoms with Gasteiger partial charge in [-0.1, -0.05) is 48.5 Å². The molecule has 1 amide bonds. The van der Waals surface area contributed by atoms with Crippen LogP contribution in [0.4, 0.5) is 5.69 Å². The molecular weight excluding hydrogens is 322 g/mol. The number of fused-ring (bicyclic) bond motifs is 1. The highest BCUT2D eigenvalue weighted by Crippen LogP contribution is 2.36. The highest BCUT2D eigenvalue weighted by Gasteiger charge is 2.21. The van der Waals surface area contributed by atoms with E-state index in [9.17, 15) is 9.59 Å². The highest BCUT2D eigenvalue weighted by atomic mass is 32.1. The lowest BCUT2D eigenvalue weighted by molar-refractivity contribution is -0.115. The second-order valence-electron chi connectivity index (χ2n) is 5.23. The Kier molecular flexibility index (Phi) is 4.91. The minimum absolute atomic E-state index is 0.157. The van der Waals surface area contributed by atoms with Gasteiger partial charge in [0, 0.05) is 10.1 Å². The number of hydrogen-bond donors (Lipinski definition) is 1. The van der Waals surface area contributed by atoms with Crippen LogP contribution in [0.25, 0.3) is 10.1 Å². The van der Waals surface area contributed by atoms with Gasteiger partial charge >= 0.3 is 5.97 Å². The number of ether oxygens (including phenoxy) is 1. The molecule has 0 aliphatic carbocycles.